The maximum absolute atomic E-state index is 7.44. The molecule has 5 heteroatoms. The molecule has 18 aromatic carbocycles. The molecule has 0 aliphatic carbocycles. The van der Waals surface area contributed by atoms with Crippen molar-refractivity contribution in [3.63, 3.8) is 0 Å². The smallest absolute Gasteiger partial charge is 0.252 e. The summed E-state index contributed by atoms with van der Waals surface area (Å²) in [7, 11) is 0. The zero-order valence-electron chi connectivity index (χ0n) is 62.2. The number of ether oxygens (including phenoxy) is 1. The Morgan fingerprint density at radius 3 is 1.30 bits per heavy atom. The molecule has 0 radical (unpaired) electrons. The van der Waals surface area contributed by atoms with E-state index in [4.69, 9.17) is 4.74 Å². The van der Waals surface area contributed by atoms with Crippen molar-refractivity contribution >= 4 is 83.8 Å². The molecule has 0 saturated carbocycles. The number of benzene rings is 18. The van der Waals surface area contributed by atoms with Crippen LogP contribution in [-0.2, 0) is 5.41 Å². The molecule has 0 spiro atoms. The molecule has 530 valence electrons. The lowest BCUT2D eigenvalue weighted by Gasteiger charge is -2.42. The Labute approximate surface area is 662 Å². The predicted molar refractivity (Wildman–Crippen MR) is 476 cm³/mol. The summed E-state index contributed by atoms with van der Waals surface area (Å²) >= 11 is 0. The molecular weight excluding hydrogens is 1380 g/mol. The fraction of sp³-hybridized carbons (Fsp3) is 0.00917. The van der Waals surface area contributed by atoms with Gasteiger partial charge in [-0.1, -0.05) is 328 Å². The number of hydrogen-bond donors (Lipinski definition) is 0. The second-order valence-corrected chi connectivity index (χ2v) is 30.5. The molecule has 2 aromatic heterocycles. The van der Waals surface area contributed by atoms with Crippen LogP contribution < -0.4 is 26.0 Å². The highest BCUT2D eigenvalue weighted by Gasteiger charge is 2.47. The van der Waals surface area contributed by atoms with Gasteiger partial charge in [0.2, 0.25) is 0 Å². The highest BCUT2D eigenvalue weighted by Crippen LogP contribution is 2.58. The monoisotopic (exact) mass is 1450 g/mol. The van der Waals surface area contributed by atoms with Crippen LogP contribution >= 0.6 is 0 Å². The van der Waals surface area contributed by atoms with E-state index in [0.29, 0.717) is 0 Å². The molecule has 3 aliphatic heterocycles. The fourth-order valence-corrected chi connectivity index (χ4v) is 19.4. The highest BCUT2D eigenvalue weighted by atomic mass is 16.5. The minimum absolute atomic E-state index is 0.315. The number of para-hydroxylation sites is 3. The Kier molecular flexibility index (Phi) is 15.0. The van der Waals surface area contributed by atoms with Gasteiger partial charge in [-0.05, 0) is 202 Å². The van der Waals surface area contributed by atoms with Crippen LogP contribution in [0.3, 0.4) is 0 Å². The van der Waals surface area contributed by atoms with Crippen molar-refractivity contribution in [3.8, 4) is 112 Å². The lowest BCUT2D eigenvalue weighted by molar-refractivity contribution is 0.435. The number of rotatable bonds is 12. The minimum Gasteiger partial charge on any atom is -0.457 e. The molecule has 3 aliphatic rings. The van der Waals surface area contributed by atoms with Crippen LogP contribution in [-0.4, -0.2) is 15.8 Å². The summed E-state index contributed by atoms with van der Waals surface area (Å²) in [6, 6.07) is 158. The maximum Gasteiger partial charge on any atom is 0.252 e. The summed E-state index contributed by atoms with van der Waals surface area (Å²) in [5.41, 5.74) is 35.7. The van der Waals surface area contributed by atoms with Crippen LogP contribution in [0, 0.1) is 0 Å². The Morgan fingerprint density at radius 2 is 0.675 bits per heavy atom. The van der Waals surface area contributed by atoms with Gasteiger partial charge in [-0.25, -0.2) is 0 Å². The van der Waals surface area contributed by atoms with E-state index >= 15 is 0 Å². The van der Waals surface area contributed by atoms with E-state index in [1.807, 2.05) is 0 Å². The number of fused-ring (bicyclic) bond motifs is 12. The first-order valence-electron chi connectivity index (χ1n) is 39.5. The van der Waals surface area contributed by atoms with Crippen molar-refractivity contribution in [1.82, 2.24) is 9.13 Å². The summed E-state index contributed by atoms with van der Waals surface area (Å²) in [5.74, 6) is 1.64. The van der Waals surface area contributed by atoms with Gasteiger partial charge >= 0.3 is 0 Å². The Balaban J connectivity index is 0.882. The van der Waals surface area contributed by atoms with Crippen LogP contribution in [0.4, 0.5) is 17.1 Å². The van der Waals surface area contributed by atoms with Crippen molar-refractivity contribution in [2.24, 2.45) is 0 Å². The van der Waals surface area contributed by atoms with Crippen molar-refractivity contribution in [2.45, 2.75) is 5.41 Å². The van der Waals surface area contributed by atoms with Gasteiger partial charge in [0.05, 0.1) is 27.7 Å². The van der Waals surface area contributed by atoms with Crippen LogP contribution in [0.1, 0.15) is 22.3 Å². The summed E-state index contributed by atoms with van der Waals surface area (Å²) in [6.45, 7) is -0.315. The molecule has 4 nitrogen and oxygen atoms in total. The second kappa shape index (κ2) is 26.2. The molecule has 23 rings (SSSR count). The molecule has 20 aromatic rings. The number of nitrogens with zero attached hydrogens (tertiary/aromatic N) is 3. The number of aromatic nitrogens is 2. The number of anilines is 3. The van der Waals surface area contributed by atoms with Gasteiger partial charge in [0.15, 0.2) is 0 Å². The largest absolute Gasteiger partial charge is 0.457 e. The van der Waals surface area contributed by atoms with Crippen LogP contribution in [0.15, 0.2) is 425 Å². The van der Waals surface area contributed by atoms with E-state index < -0.39 is 5.41 Å². The van der Waals surface area contributed by atoms with Crippen molar-refractivity contribution in [3.05, 3.63) is 447 Å². The van der Waals surface area contributed by atoms with Gasteiger partial charge in [-0.15, -0.1) is 0 Å². The molecule has 0 amide bonds. The molecule has 0 saturated heterocycles. The van der Waals surface area contributed by atoms with Crippen molar-refractivity contribution in [1.29, 1.82) is 0 Å². The normalized spacial score (nSPS) is 12.8. The second-order valence-electron chi connectivity index (χ2n) is 30.5. The summed E-state index contributed by atoms with van der Waals surface area (Å²) < 4.78 is 12.6. The lowest BCUT2D eigenvalue weighted by atomic mass is 9.33. The van der Waals surface area contributed by atoms with Gasteiger partial charge in [0, 0.05) is 72.1 Å². The van der Waals surface area contributed by atoms with Gasteiger partial charge in [-0.2, -0.15) is 0 Å². The SMILES string of the molecule is c1ccc(-c2cccc(-c3ccc4c(c3)c3cc(-c5cccc(-c6ccccc6)c5)cc5c3n4-c3cc(-c4ccc6c(c4)Oc4ccccc4C6(c4ccccc4)c4ccccc4)cc4c3B5c3cc5c(cc3N4c3c(-c4ccccc4)cc(-c4ccccc4)cc3-c3ccccc3)c3ccccc3n5-c3ccccc3)c2)cc1. The fourth-order valence-electron chi connectivity index (χ4n) is 19.4. The van der Waals surface area contributed by atoms with E-state index in [9.17, 15) is 0 Å². The Morgan fingerprint density at radius 1 is 0.237 bits per heavy atom. The molecule has 0 unspecified atom stereocenters. The average Bonchev–Trinajstić information content (AvgIpc) is 1.40. The average molecular weight is 1450 g/mol. The number of hydrogen-bond acceptors (Lipinski definition) is 2. The first-order valence-corrected chi connectivity index (χ1v) is 39.5. The maximum atomic E-state index is 7.44. The van der Waals surface area contributed by atoms with E-state index in [1.165, 1.54) is 76.8 Å². The van der Waals surface area contributed by atoms with Gasteiger partial charge in [-0.3, -0.25) is 0 Å². The molecule has 114 heavy (non-hydrogen) atoms. The first-order chi connectivity index (χ1) is 56.5. The first kappa shape index (κ1) is 65.1. The van der Waals surface area contributed by atoms with E-state index in [0.717, 1.165) is 134 Å². The third kappa shape index (κ3) is 10.2. The molecule has 0 N–H and O–H groups in total. The van der Waals surface area contributed by atoms with E-state index in [1.54, 1.807) is 0 Å². The van der Waals surface area contributed by atoms with Gasteiger partial charge in [0.25, 0.3) is 6.71 Å². The molecular formula is C109H70BN3O. The Hall–Kier alpha value is -14.8. The molecule has 0 bridgehead atoms. The highest BCUT2D eigenvalue weighted by molar-refractivity contribution is 7.00. The van der Waals surface area contributed by atoms with E-state index in [-0.39, 0.29) is 6.71 Å². The van der Waals surface area contributed by atoms with Crippen molar-refractivity contribution in [2.75, 3.05) is 4.90 Å². The van der Waals surface area contributed by atoms with Crippen molar-refractivity contribution < 1.29 is 4.74 Å². The van der Waals surface area contributed by atoms with Crippen LogP contribution in [0.2, 0.25) is 0 Å². The zero-order valence-corrected chi connectivity index (χ0v) is 62.2. The third-order valence-electron chi connectivity index (χ3n) is 24.4. The van der Waals surface area contributed by atoms with Gasteiger partial charge < -0.3 is 18.8 Å². The topological polar surface area (TPSA) is 22.3 Å². The molecule has 0 atom stereocenters. The summed E-state index contributed by atoms with van der Waals surface area (Å²) in [5, 5.41) is 4.72. The Bertz CT molecular complexity index is 7120. The lowest BCUT2D eigenvalue weighted by Crippen LogP contribution is -2.60. The predicted octanol–water partition coefficient (Wildman–Crippen LogP) is 26.3. The van der Waals surface area contributed by atoms with Gasteiger partial charge in [0.1, 0.15) is 11.5 Å². The summed E-state index contributed by atoms with van der Waals surface area (Å²) in [4.78, 5) is 2.71. The quantitative estimate of drug-likeness (QED) is 0.114. The molecule has 5 heterocycles. The standard InChI is InChI=1S/C109H70BN3O/c1-9-31-71(32-10-1)76-41-29-43-78(59-76)80-56-58-99-91(61-80)93-64-83(79-44-30-42-77(60-79)72-33-11-2-12-34-72)65-97-108(93)112(99)102-66-84(81-55-57-95-105(68-81)114-104-54-28-26-52-94(104)109(95,85-45-19-6-20-46-85)86-47-21-7-22-48-86)67-103-106(102)110(97)96-70-100-92(88-51-25-27-53-98(88)111(100)87-49-23-8-24-50-87)69-101(96)113(103)107-89(74-37-15-4-16-38-74)62-82(73-35-13-3-14-36-73)63-90(107)75-39-17-5-18-40-75/h1-70H. The summed E-state index contributed by atoms with van der Waals surface area (Å²) in [6.07, 6.45) is 0. The van der Waals surface area contributed by atoms with Crippen LogP contribution in [0.5, 0.6) is 11.5 Å². The minimum atomic E-state index is -0.716. The zero-order chi connectivity index (χ0) is 75.0. The van der Waals surface area contributed by atoms with E-state index in [2.05, 4.69) is 439 Å². The van der Waals surface area contributed by atoms with Crippen LogP contribution in [0.25, 0.3) is 144 Å². The molecule has 0 fully saturated rings. The third-order valence-corrected chi connectivity index (χ3v) is 24.4.